The van der Waals surface area contributed by atoms with Crippen molar-refractivity contribution in [3.8, 4) is 16.9 Å². The monoisotopic (exact) mass is 493 g/mol. The summed E-state index contributed by atoms with van der Waals surface area (Å²) in [5.74, 6) is 0.124. The Balaban J connectivity index is 1.36. The van der Waals surface area contributed by atoms with Gasteiger partial charge in [0.1, 0.15) is 16.3 Å². The fourth-order valence-electron chi connectivity index (χ4n) is 4.16. The molecule has 0 aliphatic carbocycles. The Hall–Kier alpha value is -3.20. The highest BCUT2D eigenvalue weighted by atomic mass is 32.1. The quantitative estimate of drug-likeness (QED) is 0.473. The fourth-order valence-corrected chi connectivity index (χ4v) is 5.14. The van der Waals surface area contributed by atoms with Gasteiger partial charge in [0.2, 0.25) is 5.91 Å². The summed E-state index contributed by atoms with van der Waals surface area (Å²) in [4.78, 5) is 30.0. The summed E-state index contributed by atoms with van der Waals surface area (Å²) in [6.45, 7) is 6.78. The number of methoxy groups -OCH3 is 2. The number of rotatable bonds is 8. The molecule has 2 heterocycles. The van der Waals surface area contributed by atoms with Crippen molar-refractivity contribution >= 4 is 28.2 Å². The molecule has 8 heteroatoms. The van der Waals surface area contributed by atoms with Gasteiger partial charge in [0.25, 0.3) is 0 Å². The highest BCUT2D eigenvalue weighted by molar-refractivity contribution is 7.15. The number of aryl methyl sites for hydroxylation is 1. The lowest BCUT2D eigenvalue weighted by atomic mass is 10.0. The average molecular weight is 494 g/mol. The van der Waals surface area contributed by atoms with Gasteiger partial charge in [-0.3, -0.25) is 14.6 Å². The third-order valence-electron chi connectivity index (χ3n) is 6.19. The lowest BCUT2D eigenvalue weighted by molar-refractivity contribution is -0.117. The molecule has 1 saturated heterocycles. The van der Waals surface area contributed by atoms with Crippen LogP contribution in [-0.4, -0.2) is 68.6 Å². The van der Waals surface area contributed by atoms with E-state index in [9.17, 15) is 9.59 Å². The molecular weight excluding hydrogens is 462 g/mol. The smallest absolute Gasteiger partial charge is 0.341 e. The number of piperazine rings is 1. The molecule has 1 aliphatic heterocycles. The standard InChI is InChI=1S/C27H31N3O4S/c1-19-4-6-20(7-5-19)16-29-12-14-30(15-13-29)17-24(31)28-26-25(27(32)34-3)23(18-35-26)21-8-10-22(33-2)11-9-21/h4-11,18H,12-17H2,1-3H3,(H,28,31). The minimum Gasteiger partial charge on any atom is -0.497 e. The summed E-state index contributed by atoms with van der Waals surface area (Å²) in [5.41, 5.74) is 4.53. The number of hydrogen-bond acceptors (Lipinski definition) is 7. The van der Waals surface area contributed by atoms with Gasteiger partial charge < -0.3 is 14.8 Å². The molecule has 0 unspecified atom stereocenters. The molecule has 1 aromatic heterocycles. The molecule has 1 aliphatic rings. The van der Waals surface area contributed by atoms with Gasteiger partial charge >= 0.3 is 5.97 Å². The Kier molecular flexibility index (Phi) is 8.17. The third-order valence-corrected chi connectivity index (χ3v) is 7.09. The Morgan fingerprint density at radius 2 is 1.60 bits per heavy atom. The van der Waals surface area contributed by atoms with Gasteiger partial charge in [-0.1, -0.05) is 42.0 Å². The Labute approximate surface area is 210 Å². The van der Waals surface area contributed by atoms with Crippen LogP contribution in [-0.2, 0) is 16.1 Å². The van der Waals surface area contributed by atoms with Crippen LogP contribution < -0.4 is 10.1 Å². The number of thiophene rings is 1. The van der Waals surface area contributed by atoms with Gasteiger partial charge in [0.15, 0.2) is 0 Å². The summed E-state index contributed by atoms with van der Waals surface area (Å²) in [7, 11) is 2.95. The number of carbonyl (C=O) groups is 2. The second-order valence-electron chi connectivity index (χ2n) is 8.66. The molecule has 0 bridgehead atoms. The number of nitrogens with one attached hydrogen (secondary N) is 1. The van der Waals surface area contributed by atoms with Crippen molar-refractivity contribution in [3.05, 3.63) is 70.6 Å². The van der Waals surface area contributed by atoms with E-state index in [0.717, 1.165) is 49.6 Å². The zero-order valence-electron chi connectivity index (χ0n) is 20.4. The summed E-state index contributed by atoms with van der Waals surface area (Å²) in [5, 5.41) is 5.31. The van der Waals surface area contributed by atoms with E-state index in [1.165, 1.54) is 29.6 Å². The molecule has 3 aromatic rings. The molecule has 184 valence electrons. The van der Waals surface area contributed by atoms with E-state index < -0.39 is 5.97 Å². The van der Waals surface area contributed by atoms with E-state index in [4.69, 9.17) is 9.47 Å². The Bertz CT molecular complexity index is 1150. The number of esters is 1. The van der Waals surface area contributed by atoms with E-state index in [-0.39, 0.29) is 12.5 Å². The molecule has 0 radical (unpaired) electrons. The normalized spacial score (nSPS) is 14.5. The van der Waals surface area contributed by atoms with Gasteiger partial charge in [-0.15, -0.1) is 11.3 Å². The predicted octanol–water partition coefficient (Wildman–Crippen LogP) is 4.28. The number of ether oxygens (including phenoxy) is 2. The van der Waals surface area contributed by atoms with Gasteiger partial charge in [0.05, 0.1) is 20.8 Å². The van der Waals surface area contributed by atoms with Gasteiger partial charge in [0, 0.05) is 43.7 Å². The molecule has 0 spiro atoms. The number of carbonyl (C=O) groups excluding carboxylic acids is 2. The molecule has 7 nitrogen and oxygen atoms in total. The van der Waals surface area contributed by atoms with Gasteiger partial charge in [-0.25, -0.2) is 4.79 Å². The van der Waals surface area contributed by atoms with Crippen LogP contribution in [0.4, 0.5) is 5.00 Å². The minimum atomic E-state index is -0.475. The second-order valence-corrected chi connectivity index (χ2v) is 9.54. The van der Waals surface area contributed by atoms with Crippen LogP contribution in [0.2, 0.25) is 0 Å². The maximum atomic E-state index is 12.8. The van der Waals surface area contributed by atoms with Crippen molar-refractivity contribution in [2.45, 2.75) is 13.5 Å². The third kappa shape index (κ3) is 6.28. The first-order valence-electron chi connectivity index (χ1n) is 11.6. The zero-order valence-corrected chi connectivity index (χ0v) is 21.2. The Morgan fingerprint density at radius 3 is 2.23 bits per heavy atom. The van der Waals surface area contributed by atoms with E-state index in [1.807, 2.05) is 29.6 Å². The molecule has 0 saturated carbocycles. The largest absolute Gasteiger partial charge is 0.497 e. The maximum absolute atomic E-state index is 12.8. The highest BCUT2D eigenvalue weighted by Crippen LogP contribution is 2.36. The first kappa shape index (κ1) is 24.9. The van der Waals surface area contributed by atoms with Gasteiger partial charge in [-0.2, -0.15) is 0 Å². The Morgan fingerprint density at radius 1 is 0.943 bits per heavy atom. The van der Waals surface area contributed by atoms with Crippen LogP contribution in [0.25, 0.3) is 11.1 Å². The highest BCUT2D eigenvalue weighted by Gasteiger charge is 2.24. The summed E-state index contributed by atoms with van der Waals surface area (Å²) >= 11 is 1.33. The van der Waals surface area contributed by atoms with Crippen LogP contribution in [0.15, 0.2) is 53.9 Å². The lowest BCUT2D eigenvalue weighted by Gasteiger charge is -2.34. The number of hydrogen-bond donors (Lipinski definition) is 1. The summed E-state index contributed by atoms with van der Waals surface area (Å²) in [6.07, 6.45) is 0. The SMILES string of the molecule is COC(=O)c1c(-c2ccc(OC)cc2)csc1NC(=O)CN1CCN(Cc2ccc(C)cc2)CC1. The van der Waals surface area contributed by atoms with Crippen LogP contribution >= 0.6 is 11.3 Å². The number of nitrogens with zero attached hydrogens (tertiary/aromatic N) is 2. The van der Waals surface area contributed by atoms with E-state index in [1.54, 1.807) is 7.11 Å². The van der Waals surface area contributed by atoms with Gasteiger partial charge in [-0.05, 0) is 30.2 Å². The first-order chi connectivity index (χ1) is 17.0. The molecule has 2 aromatic carbocycles. The summed E-state index contributed by atoms with van der Waals surface area (Å²) in [6, 6.07) is 16.1. The molecular formula is C27H31N3O4S. The number of benzene rings is 2. The van der Waals surface area contributed by atoms with Crippen molar-refractivity contribution in [1.29, 1.82) is 0 Å². The minimum absolute atomic E-state index is 0.134. The molecule has 0 atom stereocenters. The maximum Gasteiger partial charge on any atom is 0.341 e. The molecule has 1 amide bonds. The number of amides is 1. The summed E-state index contributed by atoms with van der Waals surface area (Å²) < 4.78 is 10.2. The topological polar surface area (TPSA) is 71.1 Å². The van der Waals surface area contributed by atoms with Crippen LogP contribution in [0.3, 0.4) is 0 Å². The molecule has 1 fully saturated rings. The van der Waals surface area contributed by atoms with Crippen LogP contribution in [0.1, 0.15) is 21.5 Å². The van der Waals surface area contributed by atoms with Crippen LogP contribution in [0.5, 0.6) is 5.75 Å². The first-order valence-corrected chi connectivity index (χ1v) is 12.5. The van der Waals surface area contributed by atoms with Crippen molar-refractivity contribution in [2.75, 3.05) is 52.3 Å². The van der Waals surface area contributed by atoms with Crippen LogP contribution in [0, 0.1) is 6.92 Å². The zero-order chi connectivity index (χ0) is 24.8. The second kappa shape index (κ2) is 11.5. The van der Waals surface area contributed by atoms with E-state index in [0.29, 0.717) is 10.6 Å². The van der Waals surface area contributed by atoms with E-state index in [2.05, 4.69) is 46.3 Å². The average Bonchev–Trinajstić information content (AvgIpc) is 3.29. The lowest BCUT2D eigenvalue weighted by Crippen LogP contribution is -2.48. The van der Waals surface area contributed by atoms with Crippen molar-refractivity contribution in [1.82, 2.24) is 9.80 Å². The number of anilines is 1. The molecule has 4 rings (SSSR count). The van der Waals surface area contributed by atoms with E-state index >= 15 is 0 Å². The predicted molar refractivity (Wildman–Crippen MR) is 139 cm³/mol. The van der Waals surface area contributed by atoms with Crippen molar-refractivity contribution in [3.63, 3.8) is 0 Å². The van der Waals surface area contributed by atoms with Crippen molar-refractivity contribution in [2.24, 2.45) is 0 Å². The molecule has 35 heavy (non-hydrogen) atoms. The van der Waals surface area contributed by atoms with Crippen molar-refractivity contribution < 1.29 is 19.1 Å². The fraction of sp³-hybridized carbons (Fsp3) is 0.333. The molecule has 1 N–H and O–H groups in total.